The van der Waals surface area contributed by atoms with Gasteiger partial charge in [-0.15, -0.1) is 0 Å². The fraction of sp³-hybridized carbons (Fsp3) is 0.308. The quantitative estimate of drug-likeness (QED) is 0.649. The summed E-state index contributed by atoms with van der Waals surface area (Å²) in [5.74, 6) is 0. The molecule has 2 unspecified atom stereocenters. The van der Waals surface area contributed by atoms with Crippen LogP contribution in [0.4, 0.5) is 22.0 Å². The molecular formula is C13H7Cl2F5N2. The van der Waals surface area contributed by atoms with Crippen molar-refractivity contribution in [3.05, 3.63) is 45.2 Å². The Labute approximate surface area is 131 Å². The van der Waals surface area contributed by atoms with E-state index in [1.165, 1.54) is 6.20 Å². The number of nitrogens with zero attached hydrogens (tertiary/aromatic N) is 2. The molecule has 0 spiro atoms. The summed E-state index contributed by atoms with van der Waals surface area (Å²) in [6.45, 7) is 0. The highest BCUT2D eigenvalue weighted by Crippen LogP contribution is 2.40. The van der Waals surface area contributed by atoms with Gasteiger partial charge < -0.3 is 0 Å². The first-order valence-corrected chi connectivity index (χ1v) is 6.87. The Bertz CT molecular complexity index is 718. The number of alkyl halides is 5. The van der Waals surface area contributed by atoms with Crippen LogP contribution in [0.2, 0.25) is 10.0 Å². The lowest BCUT2D eigenvalue weighted by atomic mass is 10.2. The summed E-state index contributed by atoms with van der Waals surface area (Å²) in [6.07, 6.45) is -6.94. The first-order chi connectivity index (χ1) is 10.2. The molecule has 1 aromatic carbocycles. The molecule has 2 aromatic rings. The number of halogens is 7. The first-order valence-electron chi connectivity index (χ1n) is 6.11. The Balaban J connectivity index is 2.07. The van der Waals surface area contributed by atoms with Gasteiger partial charge >= 0.3 is 6.18 Å². The van der Waals surface area contributed by atoms with Crippen molar-refractivity contribution in [2.75, 3.05) is 0 Å². The molecule has 0 fully saturated rings. The minimum Gasteiger partial charge on any atom is -0.243 e. The maximum Gasteiger partial charge on any atom is 0.416 e. The number of hydrogen-bond donors (Lipinski definition) is 0. The molecule has 0 radical (unpaired) electrons. The summed E-state index contributed by atoms with van der Waals surface area (Å²) >= 11 is 11.7. The molecule has 0 saturated carbocycles. The molecule has 9 heteroatoms. The Morgan fingerprint density at radius 2 is 1.73 bits per heavy atom. The van der Waals surface area contributed by atoms with E-state index in [-0.39, 0.29) is 27.8 Å². The standard InChI is InChI=1S/C13H7Cl2F5N2/c14-7-2-6(13(18,19)20)3-8(15)12(7)22-4-5-1-9(16)10(17)11(5)21-22/h2-4,9-10H,1H2. The second-order valence-electron chi connectivity index (χ2n) is 4.89. The van der Waals surface area contributed by atoms with Gasteiger partial charge in [0, 0.05) is 12.6 Å². The fourth-order valence-electron chi connectivity index (χ4n) is 2.36. The third-order valence-electron chi connectivity index (χ3n) is 3.39. The molecule has 1 aliphatic carbocycles. The molecule has 0 bridgehead atoms. The summed E-state index contributed by atoms with van der Waals surface area (Å²) in [5, 5.41) is 3.29. The largest absolute Gasteiger partial charge is 0.416 e. The second-order valence-corrected chi connectivity index (χ2v) is 5.71. The van der Waals surface area contributed by atoms with Gasteiger partial charge in [0.15, 0.2) is 6.17 Å². The zero-order valence-electron chi connectivity index (χ0n) is 10.6. The zero-order valence-corrected chi connectivity index (χ0v) is 12.1. The summed E-state index contributed by atoms with van der Waals surface area (Å²) in [5.41, 5.74) is -0.752. The third kappa shape index (κ3) is 2.46. The first kappa shape index (κ1) is 15.6. The molecule has 1 aliphatic rings. The van der Waals surface area contributed by atoms with Crippen molar-refractivity contribution >= 4 is 23.2 Å². The van der Waals surface area contributed by atoms with Gasteiger partial charge in [0.2, 0.25) is 0 Å². The van der Waals surface area contributed by atoms with Gasteiger partial charge in [-0.1, -0.05) is 23.2 Å². The van der Waals surface area contributed by atoms with Crippen LogP contribution in [-0.2, 0) is 12.6 Å². The monoisotopic (exact) mass is 356 g/mol. The van der Waals surface area contributed by atoms with Crippen LogP contribution in [0.25, 0.3) is 5.69 Å². The average molecular weight is 357 g/mol. The lowest BCUT2D eigenvalue weighted by molar-refractivity contribution is -0.137. The van der Waals surface area contributed by atoms with Crippen LogP contribution in [0.1, 0.15) is 23.0 Å². The summed E-state index contributed by atoms with van der Waals surface area (Å²) < 4.78 is 65.9. The highest BCUT2D eigenvalue weighted by Gasteiger charge is 2.37. The smallest absolute Gasteiger partial charge is 0.243 e. The van der Waals surface area contributed by atoms with Crippen molar-refractivity contribution in [1.29, 1.82) is 0 Å². The predicted molar refractivity (Wildman–Crippen MR) is 71.0 cm³/mol. The van der Waals surface area contributed by atoms with Gasteiger partial charge in [0.25, 0.3) is 0 Å². The lowest BCUT2D eigenvalue weighted by Gasteiger charge is -2.12. The molecule has 0 saturated heterocycles. The molecule has 1 heterocycles. The maximum absolute atomic E-state index is 13.6. The number of rotatable bonds is 1. The Hall–Kier alpha value is -1.34. The zero-order chi connectivity index (χ0) is 16.2. The van der Waals surface area contributed by atoms with Crippen LogP contribution in [0.15, 0.2) is 18.3 Å². The molecule has 3 rings (SSSR count). The van der Waals surface area contributed by atoms with Crippen molar-refractivity contribution < 1.29 is 22.0 Å². The van der Waals surface area contributed by atoms with Gasteiger partial charge in [-0.05, 0) is 17.7 Å². The highest BCUT2D eigenvalue weighted by molar-refractivity contribution is 6.37. The van der Waals surface area contributed by atoms with E-state index in [0.29, 0.717) is 17.7 Å². The van der Waals surface area contributed by atoms with E-state index >= 15 is 0 Å². The number of aromatic nitrogens is 2. The third-order valence-corrected chi connectivity index (χ3v) is 3.97. The van der Waals surface area contributed by atoms with Gasteiger partial charge in [0.05, 0.1) is 15.6 Å². The number of hydrogen-bond acceptors (Lipinski definition) is 1. The van der Waals surface area contributed by atoms with Crippen LogP contribution in [0, 0.1) is 0 Å². The van der Waals surface area contributed by atoms with Gasteiger partial charge in [-0.3, -0.25) is 0 Å². The SMILES string of the molecule is FC1Cc2cn(-c3c(Cl)cc(C(F)(F)F)cc3Cl)nc2C1F. The topological polar surface area (TPSA) is 17.8 Å². The minimum atomic E-state index is -4.59. The highest BCUT2D eigenvalue weighted by atomic mass is 35.5. The van der Waals surface area contributed by atoms with Crippen molar-refractivity contribution in [3.8, 4) is 5.69 Å². The fourth-order valence-corrected chi connectivity index (χ4v) is 3.02. The van der Waals surface area contributed by atoms with E-state index in [9.17, 15) is 22.0 Å². The van der Waals surface area contributed by atoms with Crippen molar-refractivity contribution in [3.63, 3.8) is 0 Å². The maximum atomic E-state index is 13.6. The minimum absolute atomic E-state index is 0.00617. The lowest BCUT2D eigenvalue weighted by Crippen LogP contribution is -2.08. The Morgan fingerprint density at radius 3 is 2.23 bits per heavy atom. The molecule has 0 N–H and O–H groups in total. The van der Waals surface area contributed by atoms with Crippen molar-refractivity contribution in [2.45, 2.75) is 24.9 Å². The number of fused-ring (bicyclic) bond motifs is 1. The molecule has 118 valence electrons. The van der Waals surface area contributed by atoms with Gasteiger partial charge in [-0.25, -0.2) is 13.5 Å². The average Bonchev–Trinajstić information content (AvgIpc) is 2.89. The molecule has 2 atom stereocenters. The Morgan fingerprint density at radius 1 is 1.14 bits per heavy atom. The summed E-state index contributed by atoms with van der Waals surface area (Å²) in [7, 11) is 0. The normalized spacial score (nSPS) is 21.2. The van der Waals surface area contributed by atoms with E-state index in [1.807, 2.05) is 0 Å². The van der Waals surface area contributed by atoms with Crippen LogP contribution in [0.3, 0.4) is 0 Å². The molecule has 0 aliphatic heterocycles. The molecule has 1 aromatic heterocycles. The van der Waals surface area contributed by atoms with Crippen molar-refractivity contribution in [1.82, 2.24) is 9.78 Å². The van der Waals surface area contributed by atoms with Crippen LogP contribution in [-0.4, -0.2) is 16.0 Å². The molecule has 0 amide bonds. The number of benzene rings is 1. The molecule has 22 heavy (non-hydrogen) atoms. The van der Waals surface area contributed by atoms with E-state index in [0.717, 1.165) is 4.68 Å². The van der Waals surface area contributed by atoms with Gasteiger partial charge in [-0.2, -0.15) is 18.3 Å². The van der Waals surface area contributed by atoms with Crippen LogP contribution in [0.5, 0.6) is 0 Å². The van der Waals surface area contributed by atoms with E-state index in [1.54, 1.807) is 0 Å². The van der Waals surface area contributed by atoms with Crippen LogP contribution < -0.4 is 0 Å². The van der Waals surface area contributed by atoms with E-state index in [2.05, 4.69) is 5.10 Å². The summed E-state index contributed by atoms with van der Waals surface area (Å²) in [4.78, 5) is 0. The second kappa shape index (κ2) is 5.09. The Kier molecular flexibility index (Phi) is 3.60. The molecular weight excluding hydrogens is 350 g/mol. The van der Waals surface area contributed by atoms with Crippen LogP contribution >= 0.6 is 23.2 Å². The van der Waals surface area contributed by atoms with Gasteiger partial charge in [0.1, 0.15) is 17.6 Å². The van der Waals surface area contributed by atoms with E-state index < -0.39 is 24.1 Å². The van der Waals surface area contributed by atoms with E-state index in [4.69, 9.17) is 23.2 Å². The predicted octanol–water partition coefficient (Wildman–Crippen LogP) is 5.10. The molecule has 2 nitrogen and oxygen atoms in total. The summed E-state index contributed by atoms with van der Waals surface area (Å²) in [6, 6.07) is 1.42. The van der Waals surface area contributed by atoms with Crippen molar-refractivity contribution in [2.24, 2.45) is 0 Å².